The molecule has 16 heavy (non-hydrogen) atoms. The van der Waals surface area contributed by atoms with Crippen LogP contribution in [0, 0.1) is 0 Å². The fourth-order valence-electron chi connectivity index (χ4n) is 1.34. The van der Waals surface area contributed by atoms with Crippen molar-refractivity contribution < 1.29 is 9.59 Å². The van der Waals surface area contributed by atoms with Gasteiger partial charge in [-0.25, -0.2) is 0 Å². The molecule has 0 aliphatic rings. The molecular formula is C11H23N3O2. The lowest BCUT2D eigenvalue weighted by Crippen LogP contribution is -2.42. The highest BCUT2D eigenvalue weighted by Gasteiger charge is 2.14. The van der Waals surface area contributed by atoms with Gasteiger partial charge in [0.15, 0.2) is 0 Å². The zero-order valence-electron chi connectivity index (χ0n) is 11.0. The summed E-state index contributed by atoms with van der Waals surface area (Å²) in [6.45, 7) is 5.90. The van der Waals surface area contributed by atoms with Gasteiger partial charge >= 0.3 is 0 Å². The fourth-order valence-corrected chi connectivity index (χ4v) is 1.34. The number of carbonyl (C=O) groups is 2. The zero-order valence-corrected chi connectivity index (χ0v) is 11.0. The molecule has 0 N–H and O–H groups in total. The van der Waals surface area contributed by atoms with Crippen molar-refractivity contribution in [3.63, 3.8) is 0 Å². The van der Waals surface area contributed by atoms with E-state index in [2.05, 4.69) is 0 Å². The molecule has 0 unspecified atom stereocenters. The van der Waals surface area contributed by atoms with Crippen LogP contribution in [0.4, 0.5) is 0 Å². The predicted octanol–water partition coefficient (Wildman–Crippen LogP) is -0.125. The maximum Gasteiger partial charge on any atom is 0.236 e. The Morgan fingerprint density at radius 2 is 1.31 bits per heavy atom. The lowest BCUT2D eigenvalue weighted by atomic mass is 10.4. The second kappa shape index (κ2) is 7.22. The number of amides is 2. The third-order valence-electron chi connectivity index (χ3n) is 2.43. The molecule has 0 aromatic rings. The van der Waals surface area contributed by atoms with Gasteiger partial charge in [0.05, 0.1) is 13.1 Å². The number of rotatable bonds is 6. The third-order valence-corrected chi connectivity index (χ3v) is 2.43. The second-order valence-electron chi connectivity index (χ2n) is 4.03. The van der Waals surface area contributed by atoms with Crippen LogP contribution in [0.3, 0.4) is 0 Å². The van der Waals surface area contributed by atoms with E-state index >= 15 is 0 Å². The summed E-state index contributed by atoms with van der Waals surface area (Å²) in [5, 5.41) is 0. The highest BCUT2D eigenvalue weighted by Crippen LogP contribution is 1.93. The predicted molar refractivity (Wildman–Crippen MR) is 64.1 cm³/mol. The van der Waals surface area contributed by atoms with Gasteiger partial charge in [-0.15, -0.1) is 0 Å². The minimum absolute atomic E-state index is 0.00912. The van der Waals surface area contributed by atoms with Crippen molar-refractivity contribution in [2.75, 3.05) is 47.3 Å². The van der Waals surface area contributed by atoms with E-state index in [1.54, 1.807) is 30.9 Å². The van der Waals surface area contributed by atoms with Gasteiger partial charge in [0.25, 0.3) is 0 Å². The summed E-state index contributed by atoms with van der Waals surface area (Å²) in [7, 11) is 5.20. The van der Waals surface area contributed by atoms with Crippen LogP contribution in [0.1, 0.15) is 13.8 Å². The minimum Gasteiger partial charge on any atom is -0.348 e. The number of carbonyl (C=O) groups excluding carboxylic acids is 2. The smallest absolute Gasteiger partial charge is 0.236 e. The summed E-state index contributed by atoms with van der Waals surface area (Å²) in [5.74, 6) is 0.0777. The van der Waals surface area contributed by atoms with Gasteiger partial charge in [0, 0.05) is 27.2 Å². The first-order valence-electron chi connectivity index (χ1n) is 5.58. The molecule has 0 aliphatic carbocycles. The van der Waals surface area contributed by atoms with Crippen LogP contribution in [0.2, 0.25) is 0 Å². The number of hydrogen-bond acceptors (Lipinski definition) is 3. The van der Waals surface area contributed by atoms with Crippen LogP contribution in [0.15, 0.2) is 0 Å². The van der Waals surface area contributed by atoms with Gasteiger partial charge in [-0.1, -0.05) is 0 Å². The zero-order chi connectivity index (χ0) is 12.7. The van der Waals surface area contributed by atoms with Gasteiger partial charge in [0.2, 0.25) is 11.8 Å². The van der Waals surface area contributed by atoms with Crippen LogP contribution >= 0.6 is 0 Å². The number of nitrogens with zero attached hydrogens (tertiary/aromatic N) is 3. The summed E-state index contributed by atoms with van der Waals surface area (Å²) < 4.78 is 0. The summed E-state index contributed by atoms with van der Waals surface area (Å²) >= 11 is 0. The number of hydrogen-bond donors (Lipinski definition) is 0. The maximum absolute atomic E-state index is 11.7. The highest BCUT2D eigenvalue weighted by molar-refractivity contribution is 5.80. The minimum atomic E-state index is 0.00912. The molecule has 0 aromatic heterocycles. The molecule has 0 fully saturated rings. The quantitative estimate of drug-likeness (QED) is 0.637. The molecule has 5 nitrogen and oxygen atoms in total. The van der Waals surface area contributed by atoms with E-state index in [0.717, 1.165) is 0 Å². The number of likely N-dealkylation sites (N-methyl/N-ethyl adjacent to an activating group) is 3. The molecule has 0 bridgehead atoms. The van der Waals surface area contributed by atoms with Crippen LogP contribution in [0.5, 0.6) is 0 Å². The Morgan fingerprint density at radius 3 is 1.69 bits per heavy atom. The molecule has 94 valence electrons. The summed E-state index contributed by atoms with van der Waals surface area (Å²) in [6, 6.07) is 0. The Labute approximate surface area is 98.0 Å². The SMILES string of the molecule is CCN(CC)C(=O)CN(C)CC(=O)N(C)C. The third kappa shape index (κ3) is 5.11. The molecule has 0 heterocycles. The molecule has 2 amide bonds. The van der Waals surface area contributed by atoms with E-state index in [1.165, 1.54) is 4.90 Å². The van der Waals surface area contributed by atoms with E-state index in [0.29, 0.717) is 19.6 Å². The van der Waals surface area contributed by atoms with Crippen molar-refractivity contribution in [3.05, 3.63) is 0 Å². The molecule has 0 aliphatic heterocycles. The van der Waals surface area contributed by atoms with Crippen molar-refractivity contribution in [2.24, 2.45) is 0 Å². The van der Waals surface area contributed by atoms with Gasteiger partial charge in [-0.05, 0) is 20.9 Å². The van der Waals surface area contributed by atoms with Crippen LogP contribution in [-0.4, -0.2) is 73.8 Å². The average Bonchev–Trinajstić information content (AvgIpc) is 2.18. The molecule has 0 spiro atoms. The van der Waals surface area contributed by atoms with E-state index in [-0.39, 0.29) is 18.4 Å². The van der Waals surface area contributed by atoms with Crippen molar-refractivity contribution >= 4 is 11.8 Å². The second-order valence-corrected chi connectivity index (χ2v) is 4.03. The first kappa shape index (κ1) is 14.9. The molecule has 0 saturated heterocycles. The van der Waals surface area contributed by atoms with Gasteiger partial charge < -0.3 is 9.80 Å². The van der Waals surface area contributed by atoms with Crippen LogP contribution in [0.25, 0.3) is 0 Å². The first-order chi connectivity index (χ1) is 7.42. The Balaban J connectivity index is 4.09. The van der Waals surface area contributed by atoms with E-state index in [1.807, 2.05) is 13.8 Å². The van der Waals surface area contributed by atoms with Gasteiger partial charge in [-0.3, -0.25) is 14.5 Å². The summed E-state index contributed by atoms with van der Waals surface area (Å²) in [5.41, 5.74) is 0. The summed E-state index contributed by atoms with van der Waals surface area (Å²) in [4.78, 5) is 28.2. The van der Waals surface area contributed by atoms with E-state index in [9.17, 15) is 9.59 Å². The molecule has 0 radical (unpaired) electrons. The normalized spacial score (nSPS) is 10.4. The molecule has 5 heteroatoms. The molecular weight excluding hydrogens is 206 g/mol. The molecule has 0 aromatic carbocycles. The van der Waals surface area contributed by atoms with E-state index < -0.39 is 0 Å². The summed E-state index contributed by atoms with van der Waals surface area (Å²) in [6.07, 6.45) is 0. The Bertz CT molecular complexity index is 237. The fraction of sp³-hybridized carbons (Fsp3) is 0.818. The largest absolute Gasteiger partial charge is 0.348 e. The van der Waals surface area contributed by atoms with Crippen LogP contribution in [-0.2, 0) is 9.59 Å². The lowest BCUT2D eigenvalue weighted by molar-refractivity contribution is -0.133. The first-order valence-corrected chi connectivity index (χ1v) is 5.58. The van der Waals surface area contributed by atoms with E-state index in [4.69, 9.17) is 0 Å². The van der Waals surface area contributed by atoms with Gasteiger partial charge in [-0.2, -0.15) is 0 Å². The Hall–Kier alpha value is -1.10. The van der Waals surface area contributed by atoms with Crippen molar-refractivity contribution in [3.8, 4) is 0 Å². The average molecular weight is 229 g/mol. The topological polar surface area (TPSA) is 43.9 Å². The monoisotopic (exact) mass is 229 g/mol. The molecule has 0 atom stereocenters. The molecule has 0 rings (SSSR count). The lowest BCUT2D eigenvalue weighted by Gasteiger charge is -2.23. The van der Waals surface area contributed by atoms with Gasteiger partial charge in [0.1, 0.15) is 0 Å². The standard InChI is InChI=1S/C11H23N3O2/c1-6-14(7-2)11(16)9-13(5)8-10(15)12(3)4/h6-9H2,1-5H3. The highest BCUT2D eigenvalue weighted by atomic mass is 16.2. The Kier molecular flexibility index (Phi) is 6.72. The van der Waals surface area contributed by atoms with Crippen molar-refractivity contribution in [1.82, 2.24) is 14.7 Å². The maximum atomic E-state index is 11.7. The van der Waals surface area contributed by atoms with Crippen molar-refractivity contribution in [1.29, 1.82) is 0 Å². The van der Waals surface area contributed by atoms with Crippen molar-refractivity contribution in [2.45, 2.75) is 13.8 Å². The Morgan fingerprint density at radius 1 is 0.875 bits per heavy atom. The molecule has 0 saturated carbocycles. The van der Waals surface area contributed by atoms with Crippen LogP contribution < -0.4 is 0 Å².